The van der Waals surface area contributed by atoms with Crippen LogP contribution in [0.25, 0.3) is 0 Å². The molecule has 1 rings (SSSR count). The molecule has 0 amide bonds. The molecule has 1 aliphatic rings. The molecule has 0 aromatic carbocycles. The average molecular weight is 202 g/mol. The summed E-state index contributed by atoms with van der Waals surface area (Å²) < 4.78 is 0. The van der Waals surface area contributed by atoms with Crippen LogP contribution in [0.4, 0.5) is 0 Å². The highest BCUT2D eigenvalue weighted by Gasteiger charge is 2.40. The minimum absolute atomic E-state index is 0.0208. The third kappa shape index (κ3) is 2.02. The van der Waals surface area contributed by atoms with E-state index in [0.29, 0.717) is 0 Å². The van der Waals surface area contributed by atoms with E-state index in [1.165, 1.54) is 0 Å². The quantitative estimate of drug-likeness (QED) is 0.447. The van der Waals surface area contributed by atoms with Crippen molar-refractivity contribution >= 4 is 11.9 Å². The summed E-state index contributed by atoms with van der Waals surface area (Å²) >= 11 is 0. The van der Waals surface area contributed by atoms with Crippen molar-refractivity contribution in [2.45, 2.75) is 24.9 Å². The Morgan fingerprint density at radius 3 is 1.57 bits per heavy atom. The van der Waals surface area contributed by atoms with E-state index in [2.05, 4.69) is 0 Å². The molecular weight excluding hydrogens is 188 g/mol. The van der Waals surface area contributed by atoms with Gasteiger partial charge in [-0.05, 0) is 12.8 Å². The molecule has 0 aromatic heterocycles. The number of rotatable bonds is 2. The van der Waals surface area contributed by atoms with E-state index >= 15 is 0 Å². The molecule has 0 spiro atoms. The third-order valence-electron chi connectivity index (χ3n) is 2.72. The van der Waals surface area contributed by atoms with Gasteiger partial charge in [0.25, 0.3) is 0 Å². The number of aliphatic carboxylic acids is 2. The summed E-state index contributed by atoms with van der Waals surface area (Å²) in [5.74, 6) is -3.68. The molecule has 0 radical (unpaired) electrons. The second-order valence-electron chi connectivity index (χ2n) is 3.69. The van der Waals surface area contributed by atoms with Crippen molar-refractivity contribution in [1.29, 1.82) is 0 Å². The molecule has 1 saturated carbocycles. The zero-order valence-corrected chi connectivity index (χ0v) is 7.59. The lowest BCUT2D eigenvalue weighted by atomic mass is 9.75. The lowest BCUT2D eigenvalue weighted by Crippen LogP contribution is -2.51. The first-order valence-corrected chi connectivity index (χ1v) is 4.40. The van der Waals surface area contributed by atoms with E-state index in [1.54, 1.807) is 0 Å². The van der Waals surface area contributed by atoms with E-state index in [9.17, 15) is 9.59 Å². The Labute approximate surface area is 80.9 Å². The van der Waals surface area contributed by atoms with Crippen LogP contribution in [0.15, 0.2) is 0 Å². The highest BCUT2D eigenvalue weighted by Crippen LogP contribution is 2.28. The van der Waals surface area contributed by atoms with E-state index in [1.807, 2.05) is 0 Å². The van der Waals surface area contributed by atoms with Crippen molar-refractivity contribution in [1.82, 2.24) is 0 Å². The highest BCUT2D eigenvalue weighted by molar-refractivity contribution is 5.75. The fraction of sp³-hybridized carbons (Fsp3) is 0.750. The molecule has 0 aromatic rings. The molecule has 0 saturated heterocycles. The molecule has 6 nitrogen and oxygen atoms in total. The molecule has 14 heavy (non-hydrogen) atoms. The first kappa shape index (κ1) is 10.9. The summed E-state index contributed by atoms with van der Waals surface area (Å²) in [6.07, 6.45) is 0.265. The Morgan fingerprint density at radius 2 is 1.29 bits per heavy atom. The molecule has 0 bridgehead atoms. The summed E-state index contributed by atoms with van der Waals surface area (Å²) in [5.41, 5.74) is 11.2. The number of carboxylic acid groups (broad SMARTS) is 2. The fourth-order valence-electron chi connectivity index (χ4n) is 1.83. The molecule has 0 aliphatic heterocycles. The molecule has 4 unspecified atom stereocenters. The predicted molar refractivity (Wildman–Crippen MR) is 47.4 cm³/mol. The van der Waals surface area contributed by atoms with Gasteiger partial charge in [0.15, 0.2) is 0 Å². The van der Waals surface area contributed by atoms with Crippen LogP contribution in [0.2, 0.25) is 0 Å². The van der Waals surface area contributed by atoms with Crippen LogP contribution in [-0.4, -0.2) is 34.2 Å². The largest absolute Gasteiger partial charge is 0.481 e. The Balaban J connectivity index is 2.75. The second-order valence-corrected chi connectivity index (χ2v) is 3.69. The van der Waals surface area contributed by atoms with E-state index in [0.717, 1.165) is 0 Å². The van der Waals surface area contributed by atoms with Crippen LogP contribution in [0.1, 0.15) is 12.8 Å². The Bertz CT molecular complexity index is 232. The summed E-state index contributed by atoms with van der Waals surface area (Å²) in [6.45, 7) is 0. The van der Waals surface area contributed by atoms with Gasteiger partial charge in [-0.3, -0.25) is 9.59 Å². The summed E-state index contributed by atoms with van der Waals surface area (Å²) in [4.78, 5) is 21.5. The minimum atomic E-state index is -1.05. The van der Waals surface area contributed by atoms with Crippen molar-refractivity contribution in [2.75, 3.05) is 0 Å². The topological polar surface area (TPSA) is 127 Å². The van der Waals surface area contributed by atoms with Crippen LogP contribution in [0.5, 0.6) is 0 Å². The summed E-state index contributed by atoms with van der Waals surface area (Å²) in [5, 5.41) is 17.6. The monoisotopic (exact) mass is 202 g/mol. The predicted octanol–water partition coefficient (Wildman–Crippen LogP) is -1.16. The van der Waals surface area contributed by atoms with Gasteiger partial charge in [-0.15, -0.1) is 0 Å². The van der Waals surface area contributed by atoms with Crippen molar-refractivity contribution in [3.8, 4) is 0 Å². The van der Waals surface area contributed by atoms with Crippen LogP contribution < -0.4 is 11.5 Å². The zero-order chi connectivity index (χ0) is 10.9. The zero-order valence-electron chi connectivity index (χ0n) is 7.59. The maximum Gasteiger partial charge on any atom is 0.308 e. The van der Waals surface area contributed by atoms with Crippen LogP contribution in [-0.2, 0) is 9.59 Å². The molecule has 6 N–H and O–H groups in total. The number of carbonyl (C=O) groups is 2. The number of hydrogen-bond acceptors (Lipinski definition) is 4. The third-order valence-corrected chi connectivity index (χ3v) is 2.72. The standard InChI is InChI=1S/C8H14N2O4/c9-5-2-6(10)4(8(13)14)1-3(5)7(11)12/h3-6H,1-2,9-10H2,(H,11,12)(H,13,14). The Kier molecular flexibility index (Phi) is 3.07. The summed E-state index contributed by atoms with van der Waals surface area (Å²) in [7, 11) is 0. The number of carboxylic acids is 2. The van der Waals surface area contributed by atoms with Crippen molar-refractivity contribution in [2.24, 2.45) is 23.3 Å². The van der Waals surface area contributed by atoms with Gasteiger partial charge in [0.1, 0.15) is 0 Å². The normalized spacial score (nSPS) is 37.9. The van der Waals surface area contributed by atoms with Gasteiger partial charge >= 0.3 is 11.9 Å². The van der Waals surface area contributed by atoms with E-state index in [4.69, 9.17) is 21.7 Å². The first-order valence-electron chi connectivity index (χ1n) is 4.40. The van der Waals surface area contributed by atoms with E-state index in [-0.39, 0.29) is 12.8 Å². The second kappa shape index (κ2) is 3.93. The maximum atomic E-state index is 10.7. The lowest BCUT2D eigenvalue weighted by Gasteiger charge is -2.33. The average Bonchev–Trinajstić information content (AvgIpc) is 2.02. The highest BCUT2D eigenvalue weighted by atomic mass is 16.4. The van der Waals surface area contributed by atoms with Crippen molar-refractivity contribution in [3.63, 3.8) is 0 Å². The minimum Gasteiger partial charge on any atom is -0.481 e. The Hall–Kier alpha value is -1.14. The number of hydrogen-bond donors (Lipinski definition) is 4. The number of nitrogens with two attached hydrogens (primary N) is 2. The van der Waals surface area contributed by atoms with Crippen molar-refractivity contribution < 1.29 is 19.8 Å². The van der Waals surface area contributed by atoms with Crippen molar-refractivity contribution in [3.05, 3.63) is 0 Å². The van der Waals surface area contributed by atoms with Gasteiger partial charge in [-0.25, -0.2) is 0 Å². The molecule has 6 heteroatoms. The summed E-state index contributed by atoms with van der Waals surface area (Å²) in [6, 6.07) is -1.09. The molecule has 4 atom stereocenters. The van der Waals surface area contributed by atoms with Crippen LogP contribution in [0, 0.1) is 11.8 Å². The first-order chi connectivity index (χ1) is 6.43. The SMILES string of the molecule is NC1CC(N)C(C(=O)O)CC1C(=O)O. The van der Waals surface area contributed by atoms with Gasteiger partial charge < -0.3 is 21.7 Å². The van der Waals surface area contributed by atoms with Crippen LogP contribution in [0.3, 0.4) is 0 Å². The van der Waals surface area contributed by atoms with Gasteiger partial charge in [-0.2, -0.15) is 0 Å². The lowest BCUT2D eigenvalue weighted by molar-refractivity contribution is -0.149. The smallest absolute Gasteiger partial charge is 0.308 e. The molecule has 1 aliphatic carbocycles. The maximum absolute atomic E-state index is 10.7. The molecular formula is C8H14N2O4. The van der Waals surface area contributed by atoms with Gasteiger partial charge in [0, 0.05) is 12.1 Å². The van der Waals surface area contributed by atoms with Crippen LogP contribution >= 0.6 is 0 Å². The van der Waals surface area contributed by atoms with Gasteiger partial charge in [0.2, 0.25) is 0 Å². The molecule has 0 heterocycles. The van der Waals surface area contributed by atoms with Gasteiger partial charge in [-0.1, -0.05) is 0 Å². The Morgan fingerprint density at radius 1 is 0.929 bits per heavy atom. The fourth-order valence-corrected chi connectivity index (χ4v) is 1.83. The van der Waals surface area contributed by atoms with Gasteiger partial charge in [0.05, 0.1) is 11.8 Å². The van der Waals surface area contributed by atoms with E-state index < -0.39 is 35.9 Å². The molecule has 1 fully saturated rings. The molecule has 80 valence electrons.